The summed E-state index contributed by atoms with van der Waals surface area (Å²) in [6.45, 7) is -0.748. The van der Waals surface area contributed by atoms with Gasteiger partial charge in [-0.3, -0.25) is 4.79 Å². The lowest BCUT2D eigenvalue weighted by Gasteiger charge is -2.12. The van der Waals surface area contributed by atoms with E-state index in [9.17, 15) is 14.7 Å². The molecule has 0 aromatic heterocycles. The van der Waals surface area contributed by atoms with Crippen molar-refractivity contribution in [3.63, 3.8) is 0 Å². The van der Waals surface area contributed by atoms with Gasteiger partial charge in [0, 0.05) is 5.02 Å². The van der Waals surface area contributed by atoms with Crippen molar-refractivity contribution in [3.05, 3.63) is 28.8 Å². The second-order valence-electron chi connectivity index (χ2n) is 3.21. The van der Waals surface area contributed by atoms with Crippen LogP contribution in [0.1, 0.15) is 10.4 Å². The van der Waals surface area contributed by atoms with Gasteiger partial charge in [0.05, 0.1) is 12.2 Å². The summed E-state index contributed by atoms with van der Waals surface area (Å²) in [6, 6.07) is 2.36. The number of aliphatic carboxylic acids is 1. The molecule has 0 radical (unpaired) electrons. The number of halogens is 1. The van der Waals surface area contributed by atoms with Crippen molar-refractivity contribution in [1.82, 2.24) is 5.32 Å². The van der Waals surface area contributed by atoms with Gasteiger partial charge in [-0.25, -0.2) is 4.79 Å². The Morgan fingerprint density at radius 3 is 2.59 bits per heavy atom. The number of amides is 1. The van der Waals surface area contributed by atoms with E-state index in [1.165, 1.54) is 18.2 Å². The first-order chi connectivity index (χ1) is 7.95. The lowest BCUT2D eigenvalue weighted by atomic mass is 10.1. The Labute approximate surface area is 101 Å². The molecular formula is C10H10ClNO5. The van der Waals surface area contributed by atoms with Crippen LogP contribution < -0.4 is 5.32 Å². The fourth-order valence-corrected chi connectivity index (χ4v) is 1.28. The number of phenols is 1. The second kappa shape index (κ2) is 5.51. The minimum absolute atomic E-state index is 0.155. The zero-order valence-corrected chi connectivity index (χ0v) is 9.31. The van der Waals surface area contributed by atoms with Gasteiger partial charge in [-0.15, -0.1) is 0 Å². The molecule has 0 aliphatic heterocycles. The van der Waals surface area contributed by atoms with E-state index >= 15 is 0 Å². The van der Waals surface area contributed by atoms with Crippen molar-refractivity contribution in [2.45, 2.75) is 6.04 Å². The van der Waals surface area contributed by atoms with Crippen LogP contribution in [0.5, 0.6) is 5.75 Å². The predicted octanol–water partition coefficient (Wildman–Crippen LogP) is 0.221. The number of hydrogen-bond acceptors (Lipinski definition) is 4. The molecule has 0 saturated heterocycles. The predicted molar refractivity (Wildman–Crippen MR) is 59.1 cm³/mol. The van der Waals surface area contributed by atoms with E-state index in [0.29, 0.717) is 0 Å². The van der Waals surface area contributed by atoms with E-state index in [4.69, 9.17) is 21.8 Å². The number of rotatable bonds is 4. The highest BCUT2D eigenvalue weighted by molar-refractivity contribution is 6.31. The highest BCUT2D eigenvalue weighted by Gasteiger charge is 2.21. The van der Waals surface area contributed by atoms with Crippen molar-refractivity contribution in [1.29, 1.82) is 0 Å². The van der Waals surface area contributed by atoms with Gasteiger partial charge in [0.25, 0.3) is 5.91 Å². The van der Waals surface area contributed by atoms with Crippen LogP contribution in [0.3, 0.4) is 0 Å². The number of carbonyl (C=O) groups excluding carboxylic acids is 1. The highest BCUT2D eigenvalue weighted by Crippen LogP contribution is 2.21. The van der Waals surface area contributed by atoms with Crippen molar-refractivity contribution < 1.29 is 24.9 Å². The SMILES string of the molecule is O=C(NC(CO)C(=O)O)c1cc(Cl)ccc1O. The number of hydrogen-bond donors (Lipinski definition) is 4. The molecule has 0 aliphatic rings. The summed E-state index contributed by atoms with van der Waals surface area (Å²) in [4.78, 5) is 22.2. The molecule has 0 heterocycles. The summed E-state index contributed by atoms with van der Waals surface area (Å²) in [5.41, 5.74) is -0.155. The van der Waals surface area contributed by atoms with Crippen LogP contribution in [0, 0.1) is 0 Å². The average Bonchev–Trinajstić information content (AvgIpc) is 2.28. The van der Waals surface area contributed by atoms with E-state index in [1.807, 2.05) is 5.32 Å². The molecular weight excluding hydrogens is 250 g/mol. The molecule has 1 atom stereocenters. The third-order valence-electron chi connectivity index (χ3n) is 1.99. The molecule has 92 valence electrons. The van der Waals surface area contributed by atoms with Crippen LogP contribution in [0.15, 0.2) is 18.2 Å². The number of carboxylic acids is 1. The maximum atomic E-state index is 11.6. The lowest BCUT2D eigenvalue weighted by Crippen LogP contribution is -2.43. The number of carboxylic acid groups (broad SMARTS) is 1. The topological polar surface area (TPSA) is 107 Å². The molecule has 0 fully saturated rings. The molecule has 1 amide bonds. The van der Waals surface area contributed by atoms with Gasteiger partial charge < -0.3 is 20.6 Å². The number of aromatic hydroxyl groups is 1. The van der Waals surface area contributed by atoms with Gasteiger partial charge in [-0.2, -0.15) is 0 Å². The third kappa shape index (κ3) is 3.33. The number of phenolic OH excluding ortho intramolecular Hbond substituents is 1. The van der Waals surface area contributed by atoms with E-state index in [2.05, 4.69) is 0 Å². The first kappa shape index (κ1) is 13.3. The lowest BCUT2D eigenvalue weighted by molar-refractivity contribution is -0.140. The van der Waals surface area contributed by atoms with Gasteiger partial charge in [-0.1, -0.05) is 11.6 Å². The molecule has 6 nitrogen and oxygen atoms in total. The molecule has 0 bridgehead atoms. The number of benzene rings is 1. The zero-order chi connectivity index (χ0) is 13.0. The van der Waals surface area contributed by atoms with Crippen LogP contribution >= 0.6 is 11.6 Å². The largest absolute Gasteiger partial charge is 0.507 e. The Kier molecular flexibility index (Phi) is 4.30. The first-order valence-corrected chi connectivity index (χ1v) is 4.96. The molecule has 1 aromatic carbocycles. The molecule has 1 rings (SSSR count). The molecule has 4 N–H and O–H groups in total. The molecule has 0 aliphatic carbocycles. The summed E-state index contributed by atoms with van der Waals surface area (Å²) in [7, 11) is 0. The monoisotopic (exact) mass is 259 g/mol. The number of nitrogens with one attached hydrogen (secondary N) is 1. The number of carbonyl (C=O) groups is 2. The fourth-order valence-electron chi connectivity index (χ4n) is 1.11. The third-order valence-corrected chi connectivity index (χ3v) is 2.22. The molecule has 17 heavy (non-hydrogen) atoms. The van der Waals surface area contributed by atoms with Crippen LogP contribution in [0.2, 0.25) is 5.02 Å². The van der Waals surface area contributed by atoms with Gasteiger partial charge in [0.2, 0.25) is 0 Å². The maximum absolute atomic E-state index is 11.6. The van der Waals surface area contributed by atoms with Crippen LogP contribution in [-0.2, 0) is 4.79 Å². The Hall–Kier alpha value is -1.79. The van der Waals surface area contributed by atoms with E-state index in [-0.39, 0.29) is 16.3 Å². The van der Waals surface area contributed by atoms with Crippen molar-refractivity contribution in [3.8, 4) is 5.75 Å². The first-order valence-electron chi connectivity index (χ1n) is 4.58. The van der Waals surface area contributed by atoms with Gasteiger partial charge >= 0.3 is 5.97 Å². The van der Waals surface area contributed by atoms with Crippen LogP contribution in [0.25, 0.3) is 0 Å². The van der Waals surface area contributed by atoms with Gasteiger partial charge in [-0.05, 0) is 18.2 Å². The van der Waals surface area contributed by atoms with Crippen molar-refractivity contribution >= 4 is 23.5 Å². The molecule has 1 unspecified atom stereocenters. The number of aliphatic hydroxyl groups is 1. The van der Waals surface area contributed by atoms with Crippen molar-refractivity contribution in [2.24, 2.45) is 0 Å². The van der Waals surface area contributed by atoms with E-state index in [0.717, 1.165) is 0 Å². The standard InChI is InChI=1S/C10H10ClNO5/c11-5-1-2-8(14)6(3-5)9(15)12-7(4-13)10(16)17/h1-3,7,13-14H,4H2,(H,12,15)(H,16,17). The van der Waals surface area contributed by atoms with E-state index in [1.54, 1.807) is 0 Å². The molecule has 1 aromatic rings. The summed E-state index contributed by atoms with van der Waals surface area (Å²) in [5.74, 6) is -2.53. The van der Waals surface area contributed by atoms with Crippen molar-refractivity contribution in [2.75, 3.05) is 6.61 Å². The Morgan fingerprint density at radius 2 is 2.06 bits per heavy atom. The maximum Gasteiger partial charge on any atom is 0.328 e. The summed E-state index contributed by atoms with van der Waals surface area (Å²) < 4.78 is 0. The minimum Gasteiger partial charge on any atom is -0.507 e. The summed E-state index contributed by atoms with van der Waals surface area (Å²) in [6.07, 6.45) is 0. The molecule has 7 heteroatoms. The van der Waals surface area contributed by atoms with Crippen LogP contribution in [0.4, 0.5) is 0 Å². The van der Waals surface area contributed by atoms with Gasteiger partial charge in [0.1, 0.15) is 5.75 Å². The Balaban J connectivity index is 2.89. The Bertz CT molecular complexity index is 448. The quantitative estimate of drug-likeness (QED) is 0.619. The van der Waals surface area contributed by atoms with E-state index < -0.39 is 24.5 Å². The van der Waals surface area contributed by atoms with Gasteiger partial charge in [0.15, 0.2) is 6.04 Å². The summed E-state index contributed by atoms with van der Waals surface area (Å²) in [5, 5.41) is 29.0. The fraction of sp³-hybridized carbons (Fsp3) is 0.200. The minimum atomic E-state index is -1.43. The highest BCUT2D eigenvalue weighted by atomic mass is 35.5. The molecule has 0 saturated carbocycles. The zero-order valence-electron chi connectivity index (χ0n) is 8.55. The number of aliphatic hydroxyl groups excluding tert-OH is 1. The Morgan fingerprint density at radius 1 is 1.41 bits per heavy atom. The summed E-state index contributed by atoms with van der Waals surface area (Å²) >= 11 is 5.64. The normalized spacial score (nSPS) is 11.9. The smallest absolute Gasteiger partial charge is 0.328 e. The molecule has 0 spiro atoms. The average molecular weight is 260 g/mol. The van der Waals surface area contributed by atoms with Crippen LogP contribution in [-0.4, -0.2) is 39.8 Å². The second-order valence-corrected chi connectivity index (χ2v) is 3.64.